The Kier molecular flexibility index (Phi) is 2.85. The third-order valence-electron chi connectivity index (χ3n) is 6.12. The van der Waals surface area contributed by atoms with Crippen molar-refractivity contribution in [3.63, 3.8) is 0 Å². The summed E-state index contributed by atoms with van der Waals surface area (Å²) in [4.78, 5) is 1.50. The number of hydrogen-bond acceptors (Lipinski definition) is 4. The number of hydrogen-bond donors (Lipinski definition) is 2. The molecule has 2 fully saturated rings. The van der Waals surface area contributed by atoms with E-state index in [1.807, 2.05) is 11.3 Å². The summed E-state index contributed by atoms with van der Waals surface area (Å²) in [5.74, 6) is 2.09. The van der Waals surface area contributed by atoms with E-state index in [9.17, 15) is 0 Å². The van der Waals surface area contributed by atoms with Gasteiger partial charge in [0.25, 0.3) is 0 Å². The fourth-order valence-corrected chi connectivity index (χ4v) is 5.90. The SMILES string of the molecule is [2H]C([2H])([2H])[C@@H]1CCC2[C@@H]3CCCC([C@H]4Cc5sccc5CN4)=C3O[C@@H]2N1. The molecule has 5 atom stereocenters. The van der Waals surface area contributed by atoms with Crippen LogP contribution in [-0.2, 0) is 17.7 Å². The Morgan fingerprint density at radius 1 is 1.35 bits per heavy atom. The van der Waals surface area contributed by atoms with Crippen molar-refractivity contribution in [2.75, 3.05) is 0 Å². The van der Waals surface area contributed by atoms with Gasteiger partial charge in [-0.3, -0.25) is 5.32 Å². The molecule has 4 heteroatoms. The molecule has 1 aromatic heterocycles. The van der Waals surface area contributed by atoms with E-state index in [-0.39, 0.29) is 6.23 Å². The van der Waals surface area contributed by atoms with E-state index in [4.69, 9.17) is 8.85 Å². The van der Waals surface area contributed by atoms with E-state index in [1.165, 1.54) is 34.6 Å². The van der Waals surface area contributed by atoms with E-state index in [1.54, 1.807) is 0 Å². The lowest BCUT2D eigenvalue weighted by Gasteiger charge is -2.33. The minimum absolute atomic E-state index is 0.122. The maximum Gasteiger partial charge on any atom is 0.153 e. The smallest absolute Gasteiger partial charge is 0.153 e. The first-order valence-corrected chi connectivity index (χ1v) is 9.83. The molecule has 1 aliphatic carbocycles. The first-order chi connectivity index (χ1) is 12.5. The number of fused-ring (bicyclic) bond motifs is 4. The molecule has 0 saturated carbocycles. The number of ether oxygens (including phenoxy) is 1. The zero-order valence-electron chi connectivity index (χ0n) is 16.3. The number of thiophene rings is 1. The maximum absolute atomic E-state index is 7.73. The Bertz CT molecular complexity index is 729. The average Bonchev–Trinajstić information content (AvgIpc) is 3.23. The molecule has 5 rings (SSSR count). The molecule has 0 radical (unpaired) electrons. The minimum Gasteiger partial charge on any atom is -0.479 e. The van der Waals surface area contributed by atoms with Crippen molar-refractivity contribution >= 4 is 11.3 Å². The highest BCUT2D eigenvalue weighted by molar-refractivity contribution is 7.10. The summed E-state index contributed by atoms with van der Waals surface area (Å²) in [7, 11) is 0. The van der Waals surface area contributed by atoms with E-state index >= 15 is 0 Å². The third-order valence-corrected chi connectivity index (χ3v) is 7.10. The molecule has 1 unspecified atom stereocenters. The van der Waals surface area contributed by atoms with Gasteiger partial charge in [0, 0.05) is 45.9 Å². The fraction of sp³-hybridized carbons (Fsp3) is 0.684. The van der Waals surface area contributed by atoms with Gasteiger partial charge in [0.05, 0.1) is 0 Å². The standard InChI is InChI=1S/C19H26N2OS/c1-11-5-6-14-13-3-2-4-15(18(13)22-19(14)21-11)16-9-17-12(10-20-16)7-8-23-17/h7-8,11,13-14,16,19-21H,2-6,9-10H2,1H3/t11-,13+,14?,16-,19+/m1/s1/i1D3. The van der Waals surface area contributed by atoms with Crippen molar-refractivity contribution in [2.24, 2.45) is 11.8 Å². The summed E-state index contributed by atoms with van der Waals surface area (Å²) in [6.45, 7) is -1.00. The van der Waals surface area contributed by atoms with Crippen LogP contribution >= 0.6 is 11.3 Å². The lowest BCUT2D eigenvalue weighted by molar-refractivity contribution is 0.0575. The van der Waals surface area contributed by atoms with Gasteiger partial charge in [-0.05, 0) is 61.5 Å². The fourth-order valence-electron chi connectivity index (χ4n) is 4.95. The molecule has 0 aromatic carbocycles. The Hall–Kier alpha value is -0.840. The topological polar surface area (TPSA) is 33.3 Å². The van der Waals surface area contributed by atoms with Gasteiger partial charge in [-0.1, -0.05) is 0 Å². The van der Waals surface area contributed by atoms with Crippen LogP contribution in [0.4, 0.5) is 0 Å². The minimum atomic E-state index is -1.94. The van der Waals surface area contributed by atoms with Gasteiger partial charge >= 0.3 is 0 Å². The second kappa shape index (κ2) is 5.61. The molecule has 3 aliphatic heterocycles. The van der Waals surface area contributed by atoms with Crippen LogP contribution in [0.15, 0.2) is 22.8 Å². The second-order valence-electron chi connectivity index (χ2n) is 7.39. The van der Waals surface area contributed by atoms with Gasteiger partial charge in [0.1, 0.15) is 5.76 Å². The molecule has 3 nitrogen and oxygen atoms in total. The lowest BCUT2D eigenvalue weighted by atomic mass is 9.76. The Morgan fingerprint density at radius 3 is 3.30 bits per heavy atom. The highest BCUT2D eigenvalue weighted by atomic mass is 32.1. The molecular formula is C19H26N2OS. The zero-order chi connectivity index (χ0) is 17.9. The molecular weight excluding hydrogens is 304 g/mol. The molecule has 4 aliphatic rings. The Balaban J connectivity index is 1.40. The molecule has 0 bridgehead atoms. The summed E-state index contributed by atoms with van der Waals surface area (Å²) >= 11 is 1.86. The van der Waals surface area contributed by atoms with Gasteiger partial charge in [-0.15, -0.1) is 11.3 Å². The maximum atomic E-state index is 7.73. The molecule has 1 aromatic rings. The van der Waals surface area contributed by atoms with Crippen molar-refractivity contribution < 1.29 is 8.85 Å². The van der Waals surface area contributed by atoms with Gasteiger partial charge in [-0.2, -0.15) is 0 Å². The largest absolute Gasteiger partial charge is 0.479 e. The number of nitrogens with one attached hydrogen (secondary N) is 2. The van der Waals surface area contributed by atoms with Crippen molar-refractivity contribution in [1.29, 1.82) is 0 Å². The van der Waals surface area contributed by atoms with Crippen LogP contribution in [0.3, 0.4) is 0 Å². The normalized spacial score (nSPS) is 41.9. The molecule has 2 saturated heterocycles. The Labute approximate surface area is 146 Å². The summed E-state index contributed by atoms with van der Waals surface area (Å²) < 4.78 is 29.6. The van der Waals surface area contributed by atoms with E-state index in [0.717, 1.165) is 32.2 Å². The van der Waals surface area contributed by atoms with Gasteiger partial charge in [0.15, 0.2) is 6.23 Å². The molecule has 4 heterocycles. The molecule has 23 heavy (non-hydrogen) atoms. The van der Waals surface area contributed by atoms with Gasteiger partial charge in [-0.25, -0.2) is 0 Å². The van der Waals surface area contributed by atoms with Crippen molar-refractivity contribution in [2.45, 2.75) is 70.2 Å². The van der Waals surface area contributed by atoms with Crippen LogP contribution in [0.25, 0.3) is 0 Å². The zero-order valence-corrected chi connectivity index (χ0v) is 14.1. The summed E-state index contributed by atoms with van der Waals surface area (Å²) in [6.07, 6.45) is 6.11. The van der Waals surface area contributed by atoms with Crippen molar-refractivity contribution in [3.8, 4) is 0 Å². The number of piperidine rings is 1. The van der Waals surface area contributed by atoms with Gasteiger partial charge < -0.3 is 10.1 Å². The number of allylic oxidation sites excluding steroid dienone is 1. The summed E-state index contributed by atoms with van der Waals surface area (Å²) in [5, 5.41) is 9.22. The second-order valence-corrected chi connectivity index (χ2v) is 8.39. The van der Waals surface area contributed by atoms with E-state index < -0.39 is 12.9 Å². The lowest BCUT2D eigenvalue weighted by Crippen LogP contribution is -2.45. The van der Waals surface area contributed by atoms with Crippen LogP contribution < -0.4 is 10.6 Å². The highest BCUT2D eigenvalue weighted by Crippen LogP contribution is 2.48. The molecule has 2 N–H and O–H groups in total. The predicted molar refractivity (Wildman–Crippen MR) is 93.2 cm³/mol. The first-order valence-electron chi connectivity index (χ1n) is 10.4. The third kappa shape index (κ3) is 2.38. The van der Waals surface area contributed by atoms with Crippen LogP contribution in [0.2, 0.25) is 0 Å². The summed E-state index contributed by atoms with van der Waals surface area (Å²) in [5.41, 5.74) is 2.88. The van der Waals surface area contributed by atoms with Gasteiger partial charge in [0.2, 0.25) is 0 Å². The highest BCUT2D eigenvalue weighted by Gasteiger charge is 2.47. The predicted octanol–water partition coefficient (Wildman–Crippen LogP) is 3.56. The number of rotatable bonds is 1. The molecule has 0 amide bonds. The monoisotopic (exact) mass is 333 g/mol. The summed E-state index contributed by atoms with van der Waals surface area (Å²) in [6, 6.07) is 2.16. The van der Waals surface area contributed by atoms with Crippen LogP contribution in [-0.4, -0.2) is 18.3 Å². The Morgan fingerprint density at radius 2 is 2.35 bits per heavy atom. The molecule has 0 spiro atoms. The first kappa shape index (κ1) is 11.7. The van der Waals surface area contributed by atoms with Crippen molar-refractivity contribution in [3.05, 3.63) is 33.2 Å². The van der Waals surface area contributed by atoms with Crippen molar-refractivity contribution in [1.82, 2.24) is 10.6 Å². The van der Waals surface area contributed by atoms with E-state index in [2.05, 4.69) is 22.1 Å². The van der Waals surface area contributed by atoms with Crippen LogP contribution in [0, 0.1) is 11.8 Å². The van der Waals surface area contributed by atoms with Crippen LogP contribution in [0.5, 0.6) is 0 Å². The quantitative estimate of drug-likeness (QED) is 0.824. The van der Waals surface area contributed by atoms with Crippen LogP contribution in [0.1, 0.15) is 53.5 Å². The van der Waals surface area contributed by atoms with E-state index in [0.29, 0.717) is 17.9 Å². The average molecular weight is 334 g/mol. The molecule has 124 valence electrons.